The minimum Gasteiger partial charge on any atom is -0.273 e. The van der Waals surface area contributed by atoms with Crippen LogP contribution in [-0.2, 0) is 14.8 Å². The summed E-state index contributed by atoms with van der Waals surface area (Å²) in [5.41, 5.74) is 3.46. The van der Waals surface area contributed by atoms with Crippen LogP contribution in [0.25, 0.3) is 0 Å². The van der Waals surface area contributed by atoms with Crippen LogP contribution in [0.2, 0.25) is 5.02 Å². The third-order valence-corrected chi connectivity index (χ3v) is 7.69. The first-order valence-electron chi connectivity index (χ1n) is 9.13. The number of carbonyl (C=O) groups excluding carboxylic acids is 1. The third-order valence-electron chi connectivity index (χ3n) is 4.78. The zero-order valence-corrected chi connectivity index (χ0v) is 18.3. The molecule has 2 aromatic carbocycles. The fourth-order valence-electron chi connectivity index (χ4n) is 3.07. The maximum Gasteiger partial charge on any atom is 0.243 e. The molecule has 1 aliphatic rings. The Kier molecular flexibility index (Phi) is 7.34. The van der Waals surface area contributed by atoms with Gasteiger partial charge in [0.25, 0.3) is 0 Å². The molecule has 1 fully saturated rings. The summed E-state index contributed by atoms with van der Waals surface area (Å²) in [7, 11) is -3.58. The number of halogens is 1. The standard InChI is InChI=1S/C20H22ClN3O3S2/c1-28-18-6-2-15(3-7-18)14-22-23-20(25)16-10-12-24(13-11-16)29(26,27)19-8-4-17(21)5-9-19/h2-9,14,16H,10-13H2,1H3,(H,23,25)/b22-14-. The Bertz CT molecular complexity index is 969. The number of nitrogens with one attached hydrogen (secondary N) is 1. The van der Waals surface area contributed by atoms with Gasteiger partial charge in [-0.3, -0.25) is 4.79 Å². The number of hydrogen-bond donors (Lipinski definition) is 1. The van der Waals surface area contributed by atoms with E-state index in [9.17, 15) is 13.2 Å². The van der Waals surface area contributed by atoms with Gasteiger partial charge in [0.1, 0.15) is 0 Å². The van der Waals surface area contributed by atoms with Crippen LogP contribution in [0.5, 0.6) is 0 Å². The van der Waals surface area contributed by atoms with Crippen molar-refractivity contribution >= 4 is 45.5 Å². The first kappa shape index (κ1) is 21.8. The number of hydrazone groups is 1. The van der Waals surface area contributed by atoms with E-state index in [1.165, 1.54) is 16.4 Å². The van der Waals surface area contributed by atoms with E-state index in [0.29, 0.717) is 31.0 Å². The van der Waals surface area contributed by atoms with Gasteiger partial charge in [0.2, 0.25) is 15.9 Å². The molecular formula is C20H22ClN3O3S2. The topological polar surface area (TPSA) is 78.8 Å². The van der Waals surface area contributed by atoms with Gasteiger partial charge in [0.15, 0.2) is 0 Å². The van der Waals surface area contributed by atoms with Crippen LogP contribution in [0.1, 0.15) is 18.4 Å². The second-order valence-corrected chi connectivity index (χ2v) is 9.89. The van der Waals surface area contributed by atoms with E-state index in [0.717, 1.165) is 10.5 Å². The second kappa shape index (κ2) is 9.75. The molecule has 3 rings (SSSR count). The minimum absolute atomic E-state index is 0.189. The van der Waals surface area contributed by atoms with Crippen LogP contribution >= 0.6 is 23.4 Å². The van der Waals surface area contributed by atoms with Crippen LogP contribution in [-0.4, -0.2) is 44.2 Å². The van der Waals surface area contributed by atoms with Crippen molar-refractivity contribution < 1.29 is 13.2 Å². The van der Waals surface area contributed by atoms with E-state index in [2.05, 4.69) is 10.5 Å². The molecule has 0 aromatic heterocycles. The largest absolute Gasteiger partial charge is 0.273 e. The van der Waals surface area contributed by atoms with Crippen molar-refractivity contribution in [3.8, 4) is 0 Å². The van der Waals surface area contributed by atoms with Crippen molar-refractivity contribution in [3.05, 3.63) is 59.1 Å². The predicted molar refractivity (Wildman–Crippen MR) is 117 cm³/mol. The van der Waals surface area contributed by atoms with Crippen LogP contribution in [0.15, 0.2) is 63.4 Å². The number of hydrogen-bond acceptors (Lipinski definition) is 5. The molecule has 154 valence electrons. The second-order valence-electron chi connectivity index (χ2n) is 6.64. The Hall–Kier alpha value is -1.87. The molecule has 0 saturated carbocycles. The summed E-state index contributed by atoms with van der Waals surface area (Å²) >= 11 is 7.49. The molecule has 0 radical (unpaired) electrons. The Morgan fingerprint density at radius 3 is 2.34 bits per heavy atom. The molecule has 2 aromatic rings. The average molecular weight is 452 g/mol. The number of piperidine rings is 1. The lowest BCUT2D eigenvalue weighted by Gasteiger charge is -2.30. The summed E-state index contributed by atoms with van der Waals surface area (Å²) in [6.07, 6.45) is 4.52. The Balaban J connectivity index is 1.52. The average Bonchev–Trinajstić information content (AvgIpc) is 2.74. The summed E-state index contributed by atoms with van der Waals surface area (Å²) in [6, 6.07) is 14.0. The van der Waals surface area contributed by atoms with Gasteiger partial charge in [0.05, 0.1) is 11.1 Å². The monoisotopic (exact) mass is 451 g/mol. The van der Waals surface area contributed by atoms with Gasteiger partial charge in [-0.2, -0.15) is 9.41 Å². The summed E-state index contributed by atoms with van der Waals surface area (Å²) < 4.78 is 26.8. The van der Waals surface area contributed by atoms with E-state index in [1.54, 1.807) is 30.1 Å². The number of carbonyl (C=O) groups is 1. The number of benzene rings is 2. The smallest absolute Gasteiger partial charge is 0.243 e. The quantitative estimate of drug-likeness (QED) is 0.413. The maximum absolute atomic E-state index is 12.7. The fourth-order valence-corrected chi connectivity index (χ4v) is 5.07. The number of thioether (sulfide) groups is 1. The molecule has 9 heteroatoms. The van der Waals surface area contributed by atoms with Crippen molar-refractivity contribution in [3.63, 3.8) is 0 Å². The molecule has 0 spiro atoms. The lowest BCUT2D eigenvalue weighted by atomic mass is 9.98. The zero-order valence-electron chi connectivity index (χ0n) is 15.9. The van der Waals surface area contributed by atoms with Crippen molar-refractivity contribution in [2.45, 2.75) is 22.6 Å². The van der Waals surface area contributed by atoms with E-state index < -0.39 is 10.0 Å². The highest BCUT2D eigenvalue weighted by molar-refractivity contribution is 7.98. The number of sulfonamides is 1. The first-order chi connectivity index (χ1) is 13.9. The predicted octanol–water partition coefficient (Wildman–Crippen LogP) is 3.61. The summed E-state index contributed by atoms with van der Waals surface area (Å²) in [6.45, 7) is 0.589. The van der Waals surface area contributed by atoms with Gasteiger partial charge >= 0.3 is 0 Å². The van der Waals surface area contributed by atoms with Crippen molar-refractivity contribution in [1.82, 2.24) is 9.73 Å². The lowest BCUT2D eigenvalue weighted by Crippen LogP contribution is -2.42. The third kappa shape index (κ3) is 5.60. The van der Waals surface area contributed by atoms with Gasteiger partial charge in [-0.25, -0.2) is 13.8 Å². The highest BCUT2D eigenvalue weighted by Crippen LogP contribution is 2.25. The van der Waals surface area contributed by atoms with Crippen molar-refractivity contribution in [2.24, 2.45) is 11.0 Å². The molecule has 29 heavy (non-hydrogen) atoms. The molecule has 0 aliphatic carbocycles. The Morgan fingerprint density at radius 2 is 1.76 bits per heavy atom. The van der Waals surface area contributed by atoms with Crippen LogP contribution in [0.3, 0.4) is 0 Å². The van der Waals surface area contributed by atoms with Crippen molar-refractivity contribution in [2.75, 3.05) is 19.3 Å². The molecule has 1 heterocycles. The highest BCUT2D eigenvalue weighted by atomic mass is 35.5. The molecule has 0 unspecified atom stereocenters. The lowest BCUT2D eigenvalue weighted by molar-refractivity contribution is -0.126. The highest BCUT2D eigenvalue weighted by Gasteiger charge is 2.32. The van der Waals surface area contributed by atoms with Crippen molar-refractivity contribution in [1.29, 1.82) is 0 Å². The molecule has 6 nitrogen and oxygen atoms in total. The number of nitrogens with zero attached hydrogens (tertiary/aromatic N) is 2. The first-order valence-corrected chi connectivity index (χ1v) is 12.2. The Morgan fingerprint density at radius 1 is 1.14 bits per heavy atom. The number of amides is 1. The van der Waals surface area contributed by atoms with E-state index >= 15 is 0 Å². The molecule has 1 saturated heterocycles. The van der Waals surface area contributed by atoms with Gasteiger partial charge < -0.3 is 0 Å². The van der Waals surface area contributed by atoms with Crippen LogP contribution < -0.4 is 5.43 Å². The van der Waals surface area contributed by atoms with Crippen LogP contribution in [0.4, 0.5) is 0 Å². The summed E-state index contributed by atoms with van der Waals surface area (Å²) in [5.74, 6) is -0.451. The zero-order chi connectivity index (χ0) is 20.9. The molecule has 1 amide bonds. The van der Waals surface area contributed by atoms with E-state index in [4.69, 9.17) is 11.6 Å². The van der Waals surface area contributed by atoms with Gasteiger partial charge in [-0.05, 0) is 61.1 Å². The summed E-state index contributed by atoms with van der Waals surface area (Å²) in [4.78, 5) is 13.7. The fraction of sp³-hybridized carbons (Fsp3) is 0.300. The van der Waals surface area contributed by atoms with Gasteiger partial charge in [-0.15, -0.1) is 11.8 Å². The summed E-state index contributed by atoms with van der Waals surface area (Å²) in [5, 5.41) is 4.51. The molecule has 0 atom stereocenters. The van der Waals surface area contributed by atoms with E-state index in [1.807, 2.05) is 30.5 Å². The molecular weight excluding hydrogens is 430 g/mol. The Labute approximate surface area is 180 Å². The minimum atomic E-state index is -3.58. The normalized spacial score (nSPS) is 16.2. The van der Waals surface area contributed by atoms with Crippen LogP contribution in [0, 0.1) is 5.92 Å². The van der Waals surface area contributed by atoms with Gasteiger partial charge in [-0.1, -0.05) is 23.7 Å². The molecule has 1 N–H and O–H groups in total. The SMILES string of the molecule is CSc1ccc(/C=N\NC(=O)C2CCN(S(=O)(=O)c3ccc(Cl)cc3)CC2)cc1. The molecule has 0 bridgehead atoms. The maximum atomic E-state index is 12.7. The number of rotatable bonds is 6. The van der Waals surface area contributed by atoms with E-state index in [-0.39, 0.29) is 16.7 Å². The van der Waals surface area contributed by atoms with Gasteiger partial charge in [0, 0.05) is 28.9 Å². The molecule has 1 aliphatic heterocycles.